The molecular formula is C12H25NO2. The van der Waals surface area contributed by atoms with E-state index >= 15 is 0 Å². The molecule has 0 aromatic carbocycles. The average Bonchev–Trinajstić information content (AvgIpc) is 2.25. The Bertz CT molecular complexity index is 153. The number of nitrogens with one attached hydrogen (secondary N) is 1. The van der Waals surface area contributed by atoms with Crippen molar-refractivity contribution in [2.45, 2.75) is 63.5 Å². The van der Waals surface area contributed by atoms with Crippen LogP contribution in [0.25, 0.3) is 0 Å². The second-order valence-electron chi connectivity index (χ2n) is 4.55. The molecule has 0 saturated heterocycles. The van der Waals surface area contributed by atoms with Crippen molar-refractivity contribution in [3.05, 3.63) is 0 Å². The van der Waals surface area contributed by atoms with Gasteiger partial charge in [0.05, 0.1) is 6.10 Å². The molecule has 1 rings (SSSR count). The summed E-state index contributed by atoms with van der Waals surface area (Å²) in [7, 11) is 0. The molecule has 3 nitrogen and oxygen atoms in total. The fourth-order valence-corrected chi connectivity index (χ4v) is 2.23. The van der Waals surface area contributed by atoms with Gasteiger partial charge in [0, 0.05) is 12.6 Å². The predicted molar refractivity (Wildman–Crippen MR) is 61.8 cm³/mol. The monoisotopic (exact) mass is 215 g/mol. The third-order valence-electron chi connectivity index (χ3n) is 3.22. The largest absolute Gasteiger partial charge is 0.396 e. The Morgan fingerprint density at radius 3 is 2.47 bits per heavy atom. The molecule has 0 aliphatic heterocycles. The maximum absolute atomic E-state index is 9.71. The molecule has 15 heavy (non-hydrogen) atoms. The number of hydrogen-bond acceptors (Lipinski definition) is 3. The van der Waals surface area contributed by atoms with Gasteiger partial charge in [0.25, 0.3) is 0 Å². The number of rotatable bonds is 7. The molecule has 0 aromatic rings. The van der Waals surface area contributed by atoms with Crippen molar-refractivity contribution in [2.75, 3.05) is 13.2 Å². The minimum Gasteiger partial charge on any atom is -0.396 e. The van der Waals surface area contributed by atoms with Gasteiger partial charge in [0.2, 0.25) is 0 Å². The van der Waals surface area contributed by atoms with Crippen LogP contribution in [0.5, 0.6) is 0 Å². The molecule has 1 aliphatic rings. The van der Waals surface area contributed by atoms with Gasteiger partial charge in [-0.15, -0.1) is 0 Å². The van der Waals surface area contributed by atoms with Crippen molar-refractivity contribution in [2.24, 2.45) is 0 Å². The van der Waals surface area contributed by atoms with Crippen molar-refractivity contribution in [1.29, 1.82) is 0 Å². The highest BCUT2D eigenvalue weighted by Gasteiger charge is 2.21. The van der Waals surface area contributed by atoms with Crippen LogP contribution in [0.4, 0.5) is 0 Å². The maximum Gasteiger partial charge on any atom is 0.0693 e. The summed E-state index contributed by atoms with van der Waals surface area (Å²) in [5.41, 5.74) is 0. The summed E-state index contributed by atoms with van der Waals surface area (Å²) in [6.45, 7) is 1.32. The van der Waals surface area contributed by atoms with Crippen molar-refractivity contribution in [3.63, 3.8) is 0 Å². The van der Waals surface area contributed by atoms with Crippen molar-refractivity contribution in [3.8, 4) is 0 Å². The van der Waals surface area contributed by atoms with Gasteiger partial charge in [-0.1, -0.05) is 25.7 Å². The number of aliphatic hydroxyl groups is 2. The molecule has 1 saturated carbocycles. The normalized spacial score (nSPS) is 26.8. The van der Waals surface area contributed by atoms with Crippen LogP contribution in [-0.2, 0) is 0 Å². The Labute approximate surface area is 92.9 Å². The Kier molecular flexibility index (Phi) is 6.98. The highest BCUT2D eigenvalue weighted by atomic mass is 16.3. The second kappa shape index (κ2) is 8.08. The summed E-state index contributed by atoms with van der Waals surface area (Å²) in [5.74, 6) is 0. The molecule has 1 aliphatic carbocycles. The number of aliphatic hydroxyl groups excluding tert-OH is 2. The molecule has 90 valence electrons. The van der Waals surface area contributed by atoms with Crippen molar-refractivity contribution in [1.82, 2.24) is 5.32 Å². The zero-order chi connectivity index (χ0) is 10.9. The lowest BCUT2D eigenvalue weighted by Crippen LogP contribution is -2.42. The molecule has 0 amide bonds. The van der Waals surface area contributed by atoms with Gasteiger partial charge in [-0.25, -0.2) is 0 Å². The zero-order valence-corrected chi connectivity index (χ0v) is 9.62. The van der Waals surface area contributed by atoms with Gasteiger partial charge >= 0.3 is 0 Å². The fraction of sp³-hybridized carbons (Fsp3) is 1.00. The minimum atomic E-state index is -0.129. The predicted octanol–water partition coefficient (Wildman–Crippen LogP) is 1.43. The summed E-state index contributed by atoms with van der Waals surface area (Å²) in [6.07, 6.45) is 8.75. The third-order valence-corrected chi connectivity index (χ3v) is 3.22. The molecule has 3 N–H and O–H groups in total. The van der Waals surface area contributed by atoms with Crippen LogP contribution in [-0.4, -0.2) is 35.5 Å². The zero-order valence-electron chi connectivity index (χ0n) is 9.62. The quantitative estimate of drug-likeness (QED) is 0.563. The molecule has 3 heteroatoms. The van der Waals surface area contributed by atoms with Gasteiger partial charge in [0.1, 0.15) is 0 Å². The van der Waals surface area contributed by atoms with Crippen LogP contribution in [0.3, 0.4) is 0 Å². The van der Waals surface area contributed by atoms with Crippen LogP contribution >= 0.6 is 0 Å². The third kappa shape index (κ3) is 5.50. The smallest absolute Gasteiger partial charge is 0.0693 e. The summed E-state index contributed by atoms with van der Waals surface area (Å²) in [4.78, 5) is 0. The van der Waals surface area contributed by atoms with Gasteiger partial charge in [-0.2, -0.15) is 0 Å². The highest BCUT2D eigenvalue weighted by molar-refractivity contribution is 4.79. The molecule has 0 aromatic heterocycles. The van der Waals surface area contributed by atoms with Crippen LogP contribution < -0.4 is 5.32 Å². The molecule has 0 unspecified atom stereocenters. The topological polar surface area (TPSA) is 52.5 Å². The SMILES string of the molecule is OCCCCCCN[C@@H]1CCCC[C@H]1O. The van der Waals surface area contributed by atoms with Crippen molar-refractivity contribution >= 4 is 0 Å². The van der Waals surface area contributed by atoms with Gasteiger partial charge in [-0.05, 0) is 32.2 Å². The van der Waals surface area contributed by atoms with Crippen LogP contribution in [0.1, 0.15) is 51.4 Å². The van der Waals surface area contributed by atoms with Gasteiger partial charge < -0.3 is 15.5 Å². The van der Waals surface area contributed by atoms with Crippen LogP contribution in [0.2, 0.25) is 0 Å². The van der Waals surface area contributed by atoms with E-state index in [2.05, 4.69) is 5.32 Å². The van der Waals surface area contributed by atoms with E-state index in [1.165, 1.54) is 19.3 Å². The molecule has 2 atom stereocenters. The van der Waals surface area contributed by atoms with E-state index in [1.54, 1.807) is 0 Å². The minimum absolute atomic E-state index is 0.129. The van der Waals surface area contributed by atoms with E-state index in [0.29, 0.717) is 12.6 Å². The number of hydrogen-bond donors (Lipinski definition) is 3. The summed E-state index contributed by atoms with van der Waals surface area (Å²) >= 11 is 0. The molecular weight excluding hydrogens is 190 g/mol. The molecule has 0 heterocycles. The van der Waals surface area contributed by atoms with E-state index in [0.717, 1.165) is 38.6 Å². The van der Waals surface area contributed by atoms with E-state index in [9.17, 15) is 5.11 Å². The second-order valence-corrected chi connectivity index (χ2v) is 4.55. The Morgan fingerprint density at radius 2 is 1.73 bits per heavy atom. The summed E-state index contributed by atoms with van der Waals surface area (Å²) < 4.78 is 0. The van der Waals surface area contributed by atoms with Crippen molar-refractivity contribution < 1.29 is 10.2 Å². The summed E-state index contributed by atoms with van der Waals surface area (Å²) in [5, 5.41) is 21.8. The van der Waals surface area contributed by atoms with Crippen LogP contribution in [0.15, 0.2) is 0 Å². The lowest BCUT2D eigenvalue weighted by Gasteiger charge is -2.28. The highest BCUT2D eigenvalue weighted by Crippen LogP contribution is 2.18. The Balaban J connectivity index is 1.94. The standard InChI is InChI=1S/C12H25NO2/c14-10-6-2-1-5-9-13-11-7-3-4-8-12(11)15/h11-15H,1-10H2/t11-,12-/m1/s1. The molecule has 0 bridgehead atoms. The first-order valence-corrected chi connectivity index (χ1v) is 6.37. The maximum atomic E-state index is 9.71. The lowest BCUT2D eigenvalue weighted by molar-refractivity contribution is 0.0909. The van der Waals surface area contributed by atoms with E-state index in [4.69, 9.17) is 5.11 Å². The molecule has 1 fully saturated rings. The fourth-order valence-electron chi connectivity index (χ4n) is 2.23. The average molecular weight is 215 g/mol. The first kappa shape index (κ1) is 12.9. The van der Waals surface area contributed by atoms with E-state index in [1.807, 2.05) is 0 Å². The van der Waals surface area contributed by atoms with Gasteiger partial charge in [-0.3, -0.25) is 0 Å². The molecule has 0 spiro atoms. The Hall–Kier alpha value is -0.120. The van der Waals surface area contributed by atoms with E-state index < -0.39 is 0 Å². The van der Waals surface area contributed by atoms with Crippen LogP contribution in [0, 0.1) is 0 Å². The number of unbranched alkanes of at least 4 members (excludes halogenated alkanes) is 3. The summed E-state index contributed by atoms with van der Waals surface area (Å²) in [6, 6.07) is 0.330. The van der Waals surface area contributed by atoms with E-state index in [-0.39, 0.29) is 6.10 Å². The lowest BCUT2D eigenvalue weighted by atomic mass is 9.92. The first-order valence-electron chi connectivity index (χ1n) is 6.37. The Morgan fingerprint density at radius 1 is 1.00 bits per heavy atom. The van der Waals surface area contributed by atoms with Gasteiger partial charge in [0.15, 0.2) is 0 Å². The first-order chi connectivity index (χ1) is 7.34. The molecule has 0 radical (unpaired) electrons.